The first-order valence-electron chi connectivity index (χ1n) is 7.84. The number of hydrogen-bond donors (Lipinski definition) is 0. The molecule has 0 aromatic carbocycles. The number of hydrogen-bond acceptors (Lipinski definition) is 2. The average molecular weight is 254 g/mol. The molecule has 0 spiro atoms. The molecular formula is C15H27FN2. The Morgan fingerprint density at radius 1 is 1.17 bits per heavy atom. The second kappa shape index (κ2) is 5.09. The number of rotatable bonds is 4. The highest BCUT2D eigenvalue weighted by molar-refractivity contribution is 4.94. The van der Waals surface area contributed by atoms with Crippen molar-refractivity contribution < 1.29 is 4.39 Å². The van der Waals surface area contributed by atoms with Crippen molar-refractivity contribution in [1.82, 2.24) is 9.80 Å². The highest BCUT2D eigenvalue weighted by atomic mass is 19.1. The Morgan fingerprint density at radius 3 is 2.33 bits per heavy atom. The van der Waals surface area contributed by atoms with Crippen LogP contribution in [0, 0.1) is 5.92 Å². The van der Waals surface area contributed by atoms with Crippen LogP contribution < -0.4 is 0 Å². The second-order valence-corrected chi connectivity index (χ2v) is 6.74. The lowest BCUT2D eigenvalue weighted by Gasteiger charge is -2.47. The predicted octanol–water partition coefficient (Wildman–Crippen LogP) is 2.68. The van der Waals surface area contributed by atoms with Crippen molar-refractivity contribution in [2.45, 2.75) is 57.2 Å². The van der Waals surface area contributed by atoms with E-state index in [-0.39, 0.29) is 0 Å². The highest BCUT2D eigenvalue weighted by Crippen LogP contribution is 2.34. The summed E-state index contributed by atoms with van der Waals surface area (Å²) in [6.07, 6.45) is 6.86. The topological polar surface area (TPSA) is 6.48 Å². The van der Waals surface area contributed by atoms with E-state index in [0.717, 1.165) is 51.0 Å². The minimum absolute atomic E-state index is 0.696. The first-order valence-corrected chi connectivity index (χ1v) is 7.84. The molecule has 2 heterocycles. The van der Waals surface area contributed by atoms with Crippen molar-refractivity contribution >= 4 is 0 Å². The smallest absolute Gasteiger partial charge is 0.126 e. The molecular weight excluding hydrogens is 227 g/mol. The maximum Gasteiger partial charge on any atom is 0.126 e. The van der Waals surface area contributed by atoms with E-state index in [9.17, 15) is 4.39 Å². The Labute approximate surface area is 111 Å². The number of halogens is 1. The lowest BCUT2D eigenvalue weighted by molar-refractivity contribution is -0.0279. The molecule has 0 bridgehead atoms. The summed E-state index contributed by atoms with van der Waals surface area (Å²) in [5, 5.41) is 0. The minimum atomic E-state index is -0.890. The molecule has 0 amide bonds. The summed E-state index contributed by atoms with van der Waals surface area (Å²) in [6.45, 7) is 7.19. The molecule has 3 rings (SSSR count). The van der Waals surface area contributed by atoms with Crippen LogP contribution in [0.2, 0.25) is 0 Å². The lowest BCUT2D eigenvalue weighted by Crippen LogP contribution is -2.56. The van der Waals surface area contributed by atoms with Gasteiger partial charge in [0.15, 0.2) is 0 Å². The summed E-state index contributed by atoms with van der Waals surface area (Å²) >= 11 is 0. The summed E-state index contributed by atoms with van der Waals surface area (Å²) in [5.74, 6) is 0.837. The number of likely N-dealkylation sites (tertiary alicyclic amines) is 2. The first-order chi connectivity index (χ1) is 8.68. The second-order valence-electron chi connectivity index (χ2n) is 6.74. The van der Waals surface area contributed by atoms with Crippen LogP contribution in [0.1, 0.15) is 45.4 Å². The third kappa shape index (κ3) is 2.57. The SMILES string of the molecule is CCC1CN(CC2(F)CCN(C3CCC3)CC2)C1. The molecule has 18 heavy (non-hydrogen) atoms. The molecule has 1 aliphatic carbocycles. The van der Waals surface area contributed by atoms with Crippen LogP contribution in [0.4, 0.5) is 4.39 Å². The molecule has 0 N–H and O–H groups in total. The van der Waals surface area contributed by atoms with Gasteiger partial charge in [-0.05, 0) is 31.6 Å². The van der Waals surface area contributed by atoms with Crippen LogP contribution in [0.5, 0.6) is 0 Å². The fraction of sp³-hybridized carbons (Fsp3) is 1.00. The lowest BCUT2D eigenvalue weighted by atomic mass is 9.85. The van der Waals surface area contributed by atoms with Crippen molar-refractivity contribution in [2.24, 2.45) is 5.92 Å². The van der Waals surface area contributed by atoms with E-state index < -0.39 is 5.67 Å². The minimum Gasteiger partial charge on any atom is -0.300 e. The Bertz CT molecular complexity index is 276. The van der Waals surface area contributed by atoms with E-state index in [1.165, 1.54) is 25.7 Å². The Morgan fingerprint density at radius 2 is 1.83 bits per heavy atom. The zero-order valence-corrected chi connectivity index (χ0v) is 11.7. The number of alkyl halides is 1. The van der Waals surface area contributed by atoms with Crippen LogP contribution in [0.25, 0.3) is 0 Å². The van der Waals surface area contributed by atoms with Gasteiger partial charge in [0.05, 0.1) is 0 Å². The van der Waals surface area contributed by atoms with E-state index in [1.807, 2.05) is 0 Å². The van der Waals surface area contributed by atoms with E-state index in [1.54, 1.807) is 0 Å². The van der Waals surface area contributed by atoms with Gasteiger partial charge in [0.2, 0.25) is 0 Å². The maximum absolute atomic E-state index is 14.8. The molecule has 3 aliphatic rings. The highest BCUT2D eigenvalue weighted by Gasteiger charge is 2.40. The van der Waals surface area contributed by atoms with Gasteiger partial charge in [-0.25, -0.2) is 4.39 Å². The number of nitrogens with zero attached hydrogens (tertiary/aromatic N) is 2. The van der Waals surface area contributed by atoms with Gasteiger partial charge in [-0.2, -0.15) is 0 Å². The Hall–Kier alpha value is -0.150. The molecule has 3 fully saturated rings. The molecule has 0 aromatic heterocycles. The van der Waals surface area contributed by atoms with Crippen LogP contribution in [-0.4, -0.2) is 54.2 Å². The predicted molar refractivity (Wildman–Crippen MR) is 72.5 cm³/mol. The van der Waals surface area contributed by atoms with Gasteiger partial charge >= 0.3 is 0 Å². The van der Waals surface area contributed by atoms with Gasteiger partial charge in [-0.3, -0.25) is 4.90 Å². The molecule has 1 saturated carbocycles. The summed E-state index contributed by atoms with van der Waals surface area (Å²) in [7, 11) is 0. The van der Waals surface area contributed by atoms with Gasteiger partial charge in [-0.15, -0.1) is 0 Å². The summed E-state index contributed by atoms with van der Waals surface area (Å²) in [4.78, 5) is 4.86. The largest absolute Gasteiger partial charge is 0.300 e. The van der Waals surface area contributed by atoms with Crippen LogP contribution >= 0.6 is 0 Å². The fourth-order valence-electron chi connectivity index (χ4n) is 3.66. The van der Waals surface area contributed by atoms with Crippen LogP contribution in [0.3, 0.4) is 0 Å². The van der Waals surface area contributed by atoms with E-state index in [0.29, 0.717) is 6.54 Å². The van der Waals surface area contributed by atoms with Crippen molar-refractivity contribution in [1.29, 1.82) is 0 Å². The van der Waals surface area contributed by atoms with Crippen molar-refractivity contribution in [3.05, 3.63) is 0 Å². The van der Waals surface area contributed by atoms with Gasteiger partial charge < -0.3 is 4.90 Å². The molecule has 0 atom stereocenters. The molecule has 2 saturated heterocycles. The van der Waals surface area contributed by atoms with Crippen molar-refractivity contribution in [3.8, 4) is 0 Å². The third-order valence-corrected chi connectivity index (χ3v) is 5.40. The van der Waals surface area contributed by atoms with E-state index in [4.69, 9.17) is 0 Å². The van der Waals surface area contributed by atoms with E-state index in [2.05, 4.69) is 16.7 Å². The van der Waals surface area contributed by atoms with Gasteiger partial charge in [0.1, 0.15) is 5.67 Å². The fourth-order valence-corrected chi connectivity index (χ4v) is 3.66. The summed E-state index contributed by atoms with van der Waals surface area (Å²) in [5.41, 5.74) is -0.890. The van der Waals surface area contributed by atoms with Gasteiger partial charge in [0, 0.05) is 38.8 Å². The zero-order chi connectivity index (χ0) is 12.6. The first kappa shape index (κ1) is 12.9. The van der Waals surface area contributed by atoms with Crippen LogP contribution in [0.15, 0.2) is 0 Å². The van der Waals surface area contributed by atoms with Gasteiger partial charge in [-0.1, -0.05) is 19.8 Å². The Kier molecular flexibility index (Phi) is 3.63. The van der Waals surface area contributed by atoms with Crippen molar-refractivity contribution in [2.75, 3.05) is 32.7 Å². The normalized spacial score (nSPS) is 31.0. The Balaban J connectivity index is 1.42. The monoisotopic (exact) mass is 254 g/mol. The summed E-state index contributed by atoms with van der Waals surface area (Å²) in [6, 6.07) is 0.794. The molecule has 2 aliphatic heterocycles. The molecule has 0 radical (unpaired) electrons. The summed E-state index contributed by atoms with van der Waals surface area (Å²) < 4.78 is 14.8. The van der Waals surface area contributed by atoms with Crippen LogP contribution in [-0.2, 0) is 0 Å². The quantitative estimate of drug-likeness (QED) is 0.761. The molecule has 0 aromatic rings. The van der Waals surface area contributed by atoms with E-state index >= 15 is 0 Å². The standard InChI is InChI=1S/C15H27FN2/c1-2-13-10-17(11-13)12-15(16)6-8-18(9-7-15)14-4-3-5-14/h13-14H,2-12H2,1H3. The molecule has 0 unspecified atom stereocenters. The molecule has 2 nitrogen and oxygen atoms in total. The average Bonchev–Trinajstić information content (AvgIpc) is 2.24. The maximum atomic E-state index is 14.8. The molecule has 3 heteroatoms. The third-order valence-electron chi connectivity index (χ3n) is 5.40. The van der Waals surface area contributed by atoms with Gasteiger partial charge in [0.25, 0.3) is 0 Å². The van der Waals surface area contributed by atoms with Crippen molar-refractivity contribution in [3.63, 3.8) is 0 Å². The zero-order valence-electron chi connectivity index (χ0n) is 11.7. The number of piperidine rings is 1. The molecule has 104 valence electrons.